The molecule has 1 unspecified atom stereocenters. The SMILES string of the molecule is CC(c1cc(Cl)c2cccnc2c1O)N(CCO)CCO. The van der Waals surface area contributed by atoms with Crippen LogP contribution in [-0.4, -0.2) is 51.5 Å². The number of hydrogen-bond acceptors (Lipinski definition) is 5. The van der Waals surface area contributed by atoms with E-state index < -0.39 is 0 Å². The Balaban J connectivity index is 2.47. The van der Waals surface area contributed by atoms with E-state index in [1.807, 2.05) is 11.8 Å². The van der Waals surface area contributed by atoms with Crippen LogP contribution in [0.3, 0.4) is 0 Å². The molecule has 0 radical (unpaired) electrons. The second kappa shape index (κ2) is 7.04. The zero-order valence-electron chi connectivity index (χ0n) is 11.8. The summed E-state index contributed by atoms with van der Waals surface area (Å²) in [6.45, 7) is 2.65. The van der Waals surface area contributed by atoms with Crippen molar-refractivity contribution in [1.82, 2.24) is 9.88 Å². The lowest BCUT2D eigenvalue weighted by molar-refractivity contribution is 0.127. The summed E-state index contributed by atoms with van der Waals surface area (Å²) in [6, 6.07) is 5.08. The number of aromatic nitrogens is 1. The number of hydrogen-bond donors (Lipinski definition) is 3. The molecule has 6 heteroatoms. The number of benzene rings is 1. The third kappa shape index (κ3) is 3.27. The molecule has 0 aliphatic heterocycles. The van der Waals surface area contributed by atoms with Gasteiger partial charge in [0.1, 0.15) is 11.3 Å². The molecular formula is C15H19ClN2O3. The van der Waals surface area contributed by atoms with Crippen LogP contribution >= 0.6 is 11.6 Å². The molecule has 1 heterocycles. The number of phenolic OH excluding ortho intramolecular Hbond substituents is 1. The fourth-order valence-corrected chi connectivity index (χ4v) is 2.75. The summed E-state index contributed by atoms with van der Waals surface area (Å²) >= 11 is 6.27. The zero-order chi connectivity index (χ0) is 15.4. The van der Waals surface area contributed by atoms with Gasteiger partial charge in [0.15, 0.2) is 0 Å². The molecule has 0 saturated heterocycles. The third-order valence-corrected chi connectivity index (χ3v) is 3.93. The van der Waals surface area contributed by atoms with Crippen LogP contribution in [0.25, 0.3) is 10.9 Å². The topological polar surface area (TPSA) is 76.8 Å². The lowest BCUT2D eigenvalue weighted by atomic mass is 10.0. The van der Waals surface area contributed by atoms with Crippen molar-refractivity contribution < 1.29 is 15.3 Å². The number of rotatable bonds is 6. The van der Waals surface area contributed by atoms with Gasteiger partial charge in [0.2, 0.25) is 0 Å². The fourth-order valence-electron chi connectivity index (χ4n) is 2.48. The highest BCUT2D eigenvalue weighted by atomic mass is 35.5. The van der Waals surface area contributed by atoms with Crippen LogP contribution in [0.5, 0.6) is 5.75 Å². The van der Waals surface area contributed by atoms with Crippen LogP contribution < -0.4 is 0 Å². The number of phenols is 1. The van der Waals surface area contributed by atoms with E-state index >= 15 is 0 Å². The van der Waals surface area contributed by atoms with Gasteiger partial charge in [0.05, 0.1) is 18.2 Å². The van der Waals surface area contributed by atoms with Gasteiger partial charge in [-0.2, -0.15) is 0 Å². The van der Waals surface area contributed by atoms with Crippen molar-refractivity contribution in [2.45, 2.75) is 13.0 Å². The Morgan fingerprint density at radius 3 is 2.57 bits per heavy atom. The molecule has 1 aromatic heterocycles. The monoisotopic (exact) mass is 310 g/mol. The minimum atomic E-state index is -0.201. The predicted octanol–water partition coefficient (Wildman–Crippen LogP) is 1.94. The largest absolute Gasteiger partial charge is 0.505 e. The molecule has 0 aliphatic rings. The van der Waals surface area contributed by atoms with Gasteiger partial charge in [0.25, 0.3) is 0 Å². The second-order valence-corrected chi connectivity index (χ2v) is 5.26. The maximum absolute atomic E-state index is 10.5. The van der Waals surface area contributed by atoms with Crippen LogP contribution in [-0.2, 0) is 0 Å². The van der Waals surface area contributed by atoms with E-state index in [-0.39, 0.29) is 25.0 Å². The van der Waals surface area contributed by atoms with Crippen LogP contribution in [0.4, 0.5) is 0 Å². The number of halogens is 1. The standard InChI is InChI=1S/C15H19ClN2O3/c1-10(18(5-7-19)6-8-20)12-9-13(16)11-3-2-4-17-14(11)15(12)21/h2-4,9-10,19-21H,5-8H2,1H3. The van der Waals surface area contributed by atoms with Gasteiger partial charge in [-0.1, -0.05) is 11.6 Å². The maximum Gasteiger partial charge on any atom is 0.146 e. The van der Waals surface area contributed by atoms with Crippen LogP contribution in [0.1, 0.15) is 18.5 Å². The highest BCUT2D eigenvalue weighted by Gasteiger charge is 2.21. The average molecular weight is 311 g/mol. The predicted molar refractivity (Wildman–Crippen MR) is 82.6 cm³/mol. The first-order valence-electron chi connectivity index (χ1n) is 6.82. The fraction of sp³-hybridized carbons (Fsp3) is 0.400. The lowest BCUT2D eigenvalue weighted by Gasteiger charge is -2.28. The molecule has 0 spiro atoms. The highest BCUT2D eigenvalue weighted by Crippen LogP contribution is 2.37. The Labute approximate surface area is 128 Å². The van der Waals surface area contributed by atoms with Gasteiger partial charge >= 0.3 is 0 Å². The summed E-state index contributed by atoms with van der Waals surface area (Å²) in [5, 5.41) is 29.9. The van der Waals surface area contributed by atoms with E-state index in [1.54, 1.807) is 24.4 Å². The number of nitrogens with zero attached hydrogens (tertiary/aromatic N) is 2. The first-order valence-corrected chi connectivity index (χ1v) is 7.19. The van der Waals surface area contributed by atoms with Gasteiger partial charge < -0.3 is 15.3 Å². The van der Waals surface area contributed by atoms with Crippen molar-refractivity contribution in [3.63, 3.8) is 0 Å². The molecule has 2 rings (SSSR count). The Kier molecular flexibility index (Phi) is 5.36. The summed E-state index contributed by atoms with van der Waals surface area (Å²) < 4.78 is 0. The molecular weight excluding hydrogens is 292 g/mol. The van der Waals surface area contributed by atoms with Crippen molar-refractivity contribution >= 4 is 22.5 Å². The Morgan fingerprint density at radius 1 is 1.29 bits per heavy atom. The third-order valence-electron chi connectivity index (χ3n) is 3.62. The van der Waals surface area contributed by atoms with Crippen LogP contribution in [0.2, 0.25) is 5.02 Å². The summed E-state index contributed by atoms with van der Waals surface area (Å²) in [5.41, 5.74) is 1.09. The van der Waals surface area contributed by atoms with Crippen LogP contribution in [0.15, 0.2) is 24.4 Å². The molecule has 0 fully saturated rings. The Hall–Kier alpha value is -1.40. The number of pyridine rings is 1. The second-order valence-electron chi connectivity index (χ2n) is 4.85. The van der Waals surface area contributed by atoms with E-state index in [0.717, 1.165) is 0 Å². The minimum Gasteiger partial charge on any atom is -0.505 e. The van der Waals surface area contributed by atoms with E-state index in [0.29, 0.717) is 34.6 Å². The molecule has 0 saturated carbocycles. The minimum absolute atomic E-state index is 0.0231. The number of aromatic hydroxyl groups is 1. The van der Waals surface area contributed by atoms with Gasteiger partial charge in [-0.05, 0) is 25.1 Å². The van der Waals surface area contributed by atoms with Crippen molar-refractivity contribution in [2.24, 2.45) is 0 Å². The summed E-state index contributed by atoms with van der Waals surface area (Å²) in [7, 11) is 0. The average Bonchev–Trinajstić information content (AvgIpc) is 2.50. The van der Waals surface area contributed by atoms with Gasteiger partial charge in [-0.3, -0.25) is 9.88 Å². The first kappa shape index (κ1) is 16.0. The highest BCUT2D eigenvalue weighted by molar-refractivity contribution is 6.35. The van der Waals surface area contributed by atoms with Gasteiger partial charge in [-0.25, -0.2) is 0 Å². The van der Waals surface area contributed by atoms with E-state index in [9.17, 15) is 5.11 Å². The van der Waals surface area contributed by atoms with Crippen molar-refractivity contribution in [1.29, 1.82) is 0 Å². The Bertz CT molecular complexity index is 615. The smallest absolute Gasteiger partial charge is 0.146 e. The molecule has 21 heavy (non-hydrogen) atoms. The molecule has 2 aromatic rings. The van der Waals surface area contributed by atoms with Crippen LogP contribution in [0, 0.1) is 0 Å². The van der Waals surface area contributed by atoms with E-state index in [4.69, 9.17) is 21.8 Å². The summed E-state index contributed by atoms with van der Waals surface area (Å²) in [4.78, 5) is 6.06. The zero-order valence-corrected chi connectivity index (χ0v) is 12.6. The molecule has 0 amide bonds. The number of aliphatic hydroxyl groups is 2. The lowest BCUT2D eigenvalue weighted by Crippen LogP contribution is -2.32. The molecule has 0 bridgehead atoms. The van der Waals surface area contributed by atoms with E-state index in [2.05, 4.69) is 4.98 Å². The van der Waals surface area contributed by atoms with Crippen molar-refractivity contribution in [3.8, 4) is 5.75 Å². The van der Waals surface area contributed by atoms with Crippen molar-refractivity contribution in [2.75, 3.05) is 26.3 Å². The molecule has 114 valence electrons. The molecule has 3 N–H and O–H groups in total. The summed E-state index contributed by atoms with van der Waals surface area (Å²) in [6.07, 6.45) is 1.60. The normalized spacial score (nSPS) is 13.0. The molecule has 5 nitrogen and oxygen atoms in total. The molecule has 1 aromatic carbocycles. The van der Waals surface area contributed by atoms with E-state index in [1.165, 1.54) is 0 Å². The molecule has 1 atom stereocenters. The first-order chi connectivity index (χ1) is 10.1. The quantitative estimate of drug-likeness (QED) is 0.760. The number of aliphatic hydroxyl groups excluding tert-OH is 2. The van der Waals surface area contributed by atoms with Gasteiger partial charge in [-0.15, -0.1) is 0 Å². The number of fused-ring (bicyclic) bond motifs is 1. The maximum atomic E-state index is 10.5. The molecule has 0 aliphatic carbocycles. The Morgan fingerprint density at radius 2 is 1.95 bits per heavy atom. The van der Waals surface area contributed by atoms with Crippen molar-refractivity contribution in [3.05, 3.63) is 35.0 Å². The van der Waals surface area contributed by atoms with Gasteiger partial charge in [0, 0.05) is 36.3 Å². The summed E-state index contributed by atoms with van der Waals surface area (Å²) in [5.74, 6) is 0.0865.